The molecule has 342 valence electrons. The molecule has 1 aliphatic heterocycles. The molecule has 1 fully saturated rings. The number of rotatable bonds is 23. The number of nitrogens with zero attached hydrogens (tertiary/aromatic N) is 4. The number of nitrogen functional groups attached to an aromatic ring is 1. The lowest BCUT2D eigenvalue weighted by Gasteiger charge is -2.22. The van der Waals surface area contributed by atoms with Crippen molar-refractivity contribution in [1.29, 1.82) is 0 Å². The molecule has 1 aliphatic rings. The summed E-state index contributed by atoms with van der Waals surface area (Å²) in [6, 6.07) is 11.7. The molecule has 0 radical (unpaired) electrons. The van der Waals surface area contributed by atoms with E-state index in [0.29, 0.717) is 54.6 Å². The van der Waals surface area contributed by atoms with E-state index in [9.17, 15) is 37.5 Å². The van der Waals surface area contributed by atoms with Crippen LogP contribution in [0.2, 0.25) is 0 Å². The van der Waals surface area contributed by atoms with Gasteiger partial charge in [-0.15, -0.1) is 12.3 Å². The van der Waals surface area contributed by atoms with Gasteiger partial charge in [0.25, 0.3) is 5.91 Å². The van der Waals surface area contributed by atoms with E-state index in [1.165, 1.54) is 17.2 Å². The van der Waals surface area contributed by atoms with Gasteiger partial charge >= 0.3 is 10.3 Å². The molecule has 4 amide bonds. The van der Waals surface area contributed by atoms with Crippen molar-refractivity contribution < 1.29 is 51.2 Å². The zero-order chi connectivity index (χ0) is 46.4. The summed E-state index contributed by atoms with van der Waals surface area (Å²) in [5, 5.41) is 19.5. The monoisotopic (exact) mass is 904 g/mol. The minimum absolute atomic E-state index is 0.0755. The lowest BCUT2D eigenvalue weighted by atomic mass is 10.0. The van der Waals surface area contributed by atoms with Crippen molar-refractivity contribution in [2.24, 2.45) is 11.7 Å². The SMILES string of the molecule is C#CCCCC(=O)Nc1ccc(C(=O)c2ccc(NC(=O)CCC(=O)NCCCCO[C@@H]3[C@H](O)[C@@H](COS(=O)(=O)NC(=O)[C@@H](N)C(C)C)O[C@H]3n3cnc4c(N)ncnc43)cc2)cc1. The Kier molecular flexibility index (Phi) is 17.4. The fourth-order valence-corrected chi connectivity index (χ4v) is 7.12. The Morgan fingerprint density at radius 1 is 0.906 bits per heavy atom. The van der Waals surface area contributed by atoms with Crippen molar-refractivity contribution in [3.63, 3.8) is 0 Å². The molecule has 3 heterocycles. The molecule has 5 rings (SSSR count). The van der Waals surface area contributed by atoms with Crippen LogP contribution in [0.5, 0.6) is 0 Å². The number of aromatic nitrogens is 4. The highest BCUT2D eigenvalue weighted by molar-refractivity contribution is 7.85. The predicted molar refractivity (Wildman–Crippen MR) is 233 cm³/mol. The number of nitrogens with one attached hydrogen (secondary N) is 4. The fraction of sp³-hybridized carbons (Fsp3) is 0.429. The van der Waals surface area contributed by atoms with Gasteiger partial charge in [0, 0.05) is 61.3 Å². The summed E-state index contributed by atoms with van der Waals surface area (Å²) in [6.07, 6.45) is 5.12. The molecule has 5 atom stereocenters. The molecular formula is C42H52N10O11S. The van der Waals surface area contributed by atoms with Crippen molar-refractivity contribution in [2.75, 3.05) is 36.1 Å². The van der Waals surface area contributed by atoms with Crippen LogP contribution in [0, 0.1) is 18.3 Å². The van der Waals surface area contributed by atoms with Crippen LogP contribution in [-0.2, 0) is 43.1 Å². The molecule has 0 bridgehead atoms. The predicted octanol–water partition coefficient (Wildman–Crippen LogP) is 1.70. The highest BCUT2D eigenvalue weighted by Gasteiger charge is 2.47. The molecule has 0 spiro atoms. The molecule has 0 saturated carbocycles. The third-order valence-corrected chi connectivity index (χ3v) is 10.9. The first-order valence-electron chi connectivity index (χ1n) is 20.5. The number of ether oxygens (including phenoxy) is 2. The number of aliphatic hydroxyl groups is 1. The number of imidazole rings is 1. The Morgan fingerprint density at radius 3 is 2.16 bits per heavy atom. The maximum absolute atomic E-state index is 13.0. The third kappa shape index (κ3) is 13.6. The fourth-order valence-electron chi connectivity index (χ4n) is 6.36. The second-order valence-electron chi connectivity index (χ2n) is 15.1. The smallest absolute Gasteiger partial charge is 0.362 e. The van der Waals surface area contributed by atoms with Crippen molar-refractivity contribution in [1.82, 2.24) is 29.6 Å². The zero-order valence-electron chi connectivity index (χ0n) is 35.3. The highest BCUT2D eigenvalue weighted by Crippen LogP contribution is 2.34. The van der Waals surface area contributed by atoms with Gasteiger partial charge in [-0.3, -0.25) is 32.7 Å². The highest BCUT2D eigenvalue weighted by atomic mass is 32.2. The van der Waals surface area contributed by atoms with E-state index in [1.54, 1.807) is 67.1 Å². The summed E-state index contributed by atoms with van der Waals surface area (Å²) in [5.41, 5.74) is 14.0. The lowest BCUT2D eigenvalue weighted by Crippen LogP contribution is -2.47. The van der Waals surface area contributed by atoms with Crippen LogP contribution in [0.15, 0.2) is 61.2 Å². The molecule has 21 nitrogen and oxygen atoms in total. The van der Waals surface area contributed by atoms with Crippen LogP contribution in [0.3, 0.4) is 0 Å². The normalized spacial score (nSPS) is 17.7. The number of carbonyl (C=O) groups is 5. The van der Waals surface area contributed by atoms with Gasteiger partial charge in [0.1, 0.15) is 30.2 Å². The summed E-state index contributed by atoms with van der Waals surface area (Å²) >= 11 is 0. The van der Waals surface area contributed by atoms with Crippen LogP contribution in [0.1, 0.15) is 80.9 Å². The minimum atomic E-state index is -4.62. The second-order valence-corrected chi connectivity index (χ2v) is 16.5. The first-order chi connectivity index (χ1) is 30.6. The number of aliphatic hydroxyl groups excluding tert-OH is 1. The average molecular weight is 905 g/mol. The largest absolute Gasteiger partial charge is 0.387 e. The van der Waals surface area contributed by atoms with Crippen molar-refractivity contribution in [3.8, 4) is 12.3 Å². The summed E-state index contributed by atoms with van der Waals surface area (Å²) in [7, 11) is -4.62. The molecule has 1 saturated heterocycles. The number of terminal acetylenes is 1. The average Bonchev–Trinajstić information content (AvgIpc) is 3.84. The van der Waals surface area contributed by atoms with Gasteiger partial charge in [-0.05, 0) is 73.7 Å². The van der Waals surface area contributed by atoms with Crippen LogP contribution in [0.4, 0.5) is 17.2 Å². The molecule has 2 aromatic heterocycles. The topological polar surface area (TPSA) is 311 Å². The van der Waals surface area contributed by atoms with E-state index in [4.69, 9.17) is 31.5 Å². The number of amides is 4. The van der Waals surface area contributed by atoms with E-state index in [0.717, 1.165) is 0 Å². The Hall–Kier alpha value is -6.35. The van der Waals surface area contributed by atoms with Gasteiger partial charge in [-0.25, -0.2) is 19.7 Å². The number of unbranched alkanes of at least 4 members (excludes halogenated alkanes) is 2. The van der Waals surface area contributed by atoms with Crippen LogP contribution >= 0.6 is 0 Å². The number of nitrogens with two attached hydrogens (primary N) is 2. The first-order valence-corrected chi connectivity index (χ1v) is 21.9. The van der Waals surface area contributed by atoms with Crippen molar-refractivity contribution in [3.05, 3.63) is 72.3 Å². The molecular weight excluding hydrogens is 853 g/mol. The second kappa shape index (κ2) is 22.8. The van der Waals surface area contributed by atoms with E-state index in [-0.39, 0.29) is 66.5 Å². The molecule has 0 aliphatic carbocycles. The summed E-state index contributed by atoms with van der Waals surface area (Å²) in [4.78, 5) is 74.7. The van der Waals surface area contributed by atoms with Crippen LogP contribution < -0.4 is 32.1 Å². The summed E-state index contributed by atoms with van der Waals surface area (Å²) in [5.74, 6) is 0.139. The number of fused-ring (bicyclic) bond motifs is 1. The Balaban J connectivity index is 1.04. The number of benzene rings is 2. The third-order valence-electron chi connectivity index (χ3n) is 9.98. The van der Waals surface area contributed by atoms with Gasteiger partial charge in [-0.2, -0.15) is 8.42 Å². The van der Waals surface area contributed by atoms with Crippen molar-refractivity contribution in [2.45, 2.75) is 89.4 Å². The number of anilines is 3. The maximum Gasteiger partial charge on any atom is 0.362 e. The Bertz CT molecular complexity index is 2420. The molecule has 64 heavy (non-hydrogen) atoms. The zero-order valence-corrected chi connectivity index (χ0v) is 36.1. The number of hydrogen-bond acceptors (Lipinski definition) is 16. The van der Waals surface area contributed by atoms with E-state index >= 15 is 0 Å². The maximum atomic E-state index is 13.0. The van der Waals surface area contributed by atoms with Gasteiger partial charge in [0.2, 0.25) is 17.7 Å². The Labute approximate surface area is 369 Å². The minimum Gasteiger partial charge on any atom is -0.387 e. The van der Waals surface area contributed by atoms with E-state index < -0.39 is 59.3 Å². The first kappa shape index (κ1) is 48.7. The quantitative estimate of drug-likeness (QED) is 0.0317. The van der Waals surface area contributed by atoms with Crippen LogP contribution in [0.25, 0.3) is 11.2 Å². The molecule has 0 unspecified atom stereocenters. The van der Waals surface area contributed by atoms with Gasteiger partial charge in [0.15, 0.2) is 23.5 Å². The Morgan fingerprint density at radius 2 is 1.53 bits per heavy atom. The van der Waals surface area contributed by atoms with Gasteiger partial charge in [0.05, 0.1) is 19.0 Å². The number of carbonyl (C=O) groups excluding carboxylic acids is 5. The lowest BCUT2D eigenvalue weighted by molar-refractivity contribution is -0.124. The molecule has 9 N–H and O–H groups in total. The van der Waals surface area contributed by atoms with Gasteiger partial charge < -0.3 is 42.0 Å². The molecule has 2 aromatic carbocycles. The molecule has 4 aromatic rings. The van der Waals surface area contributed by atoms with E-state index in [1.807, 2.05) is 0 Å². The van der Waals surface area contributed by atoms with Gasteiger partial charge in [-0.1, -0.05) is 13.8 Å². The number of ketones is 1. The standard InChI is InChI=1S/C42H52N10O11S/c1-4-5-6-9-32(54)49-28-14-10-26(11-15-28)36(56)27-12-16-29(17-13-27)50-33(55)19-18-31(53)45-20-7-8-21-61-38-37(57)30(22-62-64(59,60)51-41(58)34(43)25(2)3)63-42(38)52-24-48-35-39(44)46-23-47-40(35)52/h1,10-17,23-25,30,34,37-38,42,57H,5-9,18-22,43H2,2-3H3,(H,45,53)(H,49,54)(H,50,55)(H,51,58)(H2,44,46,47)/t30-,34+,37-,38-,42-/m1/s1. The number of hydrogen-bond donors (Lipinski definition) is 7. The summed E-state index contributed by atoms with van der Waals surface area (Å²) < 4.78 is 45.3. The summed E-state index contributed by atoms with van der Waals surface area (Å²) in [6.45, 7) is 2.96. The molecule has 22 heteroatoms. The van der Waals surface area contributed by atoms with E-state index in [2.05, 4.69) is 36.8 Å². The van der Waals surface area contributed by atoms with Crippen molar-refractivity contribution >= 4 is 68.1 Å². The van der Waals surface area contributed by atoms with Crippen LogP contribution in [-0.4, -0.2) is 107 Å².